The van der Waals surface area contributed by atoms with Crippen molar-refractivity contribution in [2.75, 3.05) is 0 Å². The molecule has 3 aromatic rings. The SMILES string of the molecule is O=C(C=Cc1ccc(OCc2ccc(Cl)cc2)cc1)OCc1ccccc1. The zero-order chi connectivity index (χ0) is 18.9. The van der Waals surface area contributed by atoms with Gasteiger partial charge in [0.25, 0.3) is 0 Å². The summed E-state index contributed by atoms with van der Waals surface area (Å²) in [6, 6.07) is 24.6. The van der Waals surface area contributed by atoms with Gasteiger partial charge in [0.05, 0.1) is 0 Å². The summed E-state index contributed by atoms with van der Waals surface area (Å²) in [6.07, 6.45) is 3.14. The Morgan fingerprint density at radius 2 is 1.48 bits per heavy atom. The van der Waals surface area contributed by atoms with Crippen LogP contribution in [0.3, 0.4) is 0 Å². The second kappa shape index (κ2) is 9.60. The van der Waals surface area contributed by atoms with Crippen molar-refractivity contribution in [1.82, 2.24) is 0 Å². The molecule has 3 rings (SSSR count). The molecule has 0 heterocycles. The van der Waals surface area contributed by atoms with Crippen LogP contribution < -0.4 is 4.74 Å². The van der Waals surface area contributed by atoms with Crippen LogP contribution in [0.1, 0.15) is 16.7 Å². The Labute approximate surface area is 163 Å². The van der Waals surface area contributed by atoms with Gasteiger partial charge >= 0.3 is 5.97 Å². The summed E-state index contributed by atoms with van der Waals surface area (Å²) >= 11 is 5.87. The third kappa shape index (κ3) is 6.32. The first-order chi connectivity index (χ1) is 13.2. The van der Waals surface area contributed by atoms with Crippen LogP contribution >= 0.6 is 11.6 Å². The minimum atomic E-state index is -0.373. The number of rotatable bonds is 7. The summed E-state index contributed by atoms with van der Waals surface area (Å²) in [5, 5.41) is 0.706. The molecule has 27 heavy (non-hydrogen) atoms. The summed E-state index contributed by atoms with van der Waals surface area (Å²) < 4.78 is 11.0. The summed E-state index contributed by atoms with van der Waals surface area (Å²) in [5.74, 6) is 0.385. The number of hydrogen-bond donors (Lipinski definition) is 0. The molecule has 136 valence electrons. The molecule has 0 spiro atoms. The molecule has 0 atom stereocenters. The molecule has 0 aromatic heterocycles. The summed E-state index contributed by atoms with van der Waals surface area (Å²) in [7, 11) is 0. The van der Waals surface area contributed by atoms with E-state index in [9.17, 15) is 4.79 Å². The van der Waals surface area contributed by atoms with E-state index in [0.29, 0.717) is 11.6 Å². The van der Waals surface area contributed by atoms with Crippen molar-refractivity contribution in [3.8, 4) is 5.75 Å². The molecule has 0 aliphatic heterocycles. The first-order valence-electron chi connectivity index (χ1n) is 8.55. The molecule has 0 saturated carbocycles. The number of esters is 1. The molecule has 4 heteroatoms. The van der Waals surface area contributed by atoms with Gasteiger partial charge in [-0.2, -0.15) is 0 Å². The number of hydrogen-bond acceptors (Lipinski definition) is 3. The van der Waals surface area contributed by atoms with Crippen molar-refractivity contribution in [3.05, 3.63) is 107 Å². The minimum Gasteiger partial charge on any atom is -0.489 e. The van der Waals surface area contributed by atoms with E-state index < -0.39 is 0 Å². The summed E-state index contributed by atoms with van der Waals surface area (Å²) in [4.78, 5) is 11.8. The topological polar surface area (TPSA) is 35.5 Å². The number of carbonyl (C=O) groups is 1. The van der Waals surface area contributed by atoms with Crippen molar-refractivity contribution in [3.63, 3.8) is 0 Å². The minimum absolute atomic E-state index is 0.265. The maximum atomic E-state index is 11.8. The Morgan fingerprint density at radius 1 is 0.815 bits per heavy atom. The highest BCUT2D eigenvalue weighted by Crippen LogP contribution is 2.16. The molecular weight excluding hydrogens is 360 g/mol. The van der Waals surface area contributed by atoms with Crippen LogP contribution in [-0.4, -0.2) is 5.97 Å². The smallest absolute Gasteiger partial charge is 0.331 e. The van der Waals surface area contributed by atoms with Gasteiger partial charge in [-0.05, 0) is 47.0 Å². The average molecular weight is 379 g/mol. The fraction of sp³-hybridized carbons (Fsp3) is 0.0870. The van der Waals surface area contributed by atoms with Crippen LogP contribution in [0, 0.1) is 0 Å². The van der Waals surface area contributed by atoms with Crippen molar-refractivity contribution < 1.29 is 14.3 Å². The number of benzene rings is 3. The first-order valence-corrected chi connectivity index (χ1v) is 8.93. The highest BCUT2D eigenvalue weighted by Gasteiger charge is 2.00. The maximum Gasteiger partial charge on any atom is 0.331 e. The van der Waals surface area contributed by atoms with Gasteiger partial charge in [0, 0.05) is 11.1 Å². The lowest BCUT2D eigenvalue weighted by molar-refractivity contribution is -0.138. The van der Waals surface area contributed by atoms with Gasteiger partial charge in [-0.3, -0.25) is 0 Å². The van der Waals surface area contributed by atoms with Crippen molar-refractivity contribution >= 4 is 23.6 Å². The standard InChI is InChI=1S/C23H19ClO3/c24-21-11-6-20(7-12-21)16-26-22-13-8-18(9-14-22)10-15-23(25)27-17-19-4-2-1-3-5-19/h1-15H,16-17H2. The molecule has 0 N–H and O–H groups in total. The van der Waals surface area contributed by atoms with Gasteiger partial charge in [0.2, 0.25) is 0 Å². The van der Waals surface area contributed by atoms with E-state index in [2.05, 4.69) is 0 Å². The highest BCUT2D eigenvalue weighted by atomic mass is 35.5. The predicted molar refractivity (Wildman–Crippen MR) is 107 cm³/mol. The molecule has 0 fully saturated rings. The fourth-order valence-electron chi connectivity index (χ4n) is 2.36. The Kier molecular flexibility index (Phi) is 6.66. The van der Waals surface area contributed by atoms with Crippen LogP contribution in [-0.2, 0) is 22.7 Å². The van der Waals surface area contributed by atoms with Crippen LogP contribution in [0.5, 0.6) is 5.75 Å². The van der Waals surface area contributed by atoms with Crippen LogP contribution in [0.15, 0.2) is 84.9 Å². The van der Waals surface area contributed by atoms with E-state index >= 15 is 0 Å². The molecule has 0 unspecified atom stereocenters. The van der Waals surface area contributed by atoms with Crippen LogP contribution in [0.25, 0.3) is 6.08 Å². The predicted octanol–water partition coefficient (Wildman–Crippen LogP) is 5.68. The van der Waals surface area contributed by atoms with Crippen molar-refractivity contribution in [1.29, 1.82) is 0 Å². The third-order valence-corrected chi connectivity index (χ3v) is 4.09. The molecule has 0 radical (unpaired) electrons. The quantitative estimate of drug-likeness (QED) is 0.392. The maximum absolute atomic E-state index is 11.8. The van der Waals surface area contributed by atoms with E-state index in [1.165, 1.54) is 6.08 Å². The second-order valence-corrected chi connectivity index (χ2v) is 6.35. The van der Waals surface area contributed by atoms with E-state index in [4.69, 9.17) is 21.1 Å². The molecule has 0 saturated heterocycles. The Hall–Kier alpha value is -3.04. The molecular formula is C23H19ClO3. The van der Waals surface area contributed by atoms with Crippen molar-refractivity contribution in [2.24, 2.45) is 0 Å². The zero-order valence-corrected chi connectivity index (χ0v) is 15.4. The largest absolute Gasteiger partial charge is 0.489 e. The van der Waals surface area contributed by atoms with Gasteiger partial charge in [-0.15, -0.1) is 0 Å². The molecule has 3 nitrogen and oxygen atoms in total. The number of ether oxygens (including phenoxy) is 2. The van der Waals surface area contributed by atoms with Crippen LogP contribution in [0.4, 0.5) is 0 Å². The monoisotopic (exact) mass is 378 g/mol. The van der Waals surface area contributed by atoms with E-state index in [1.807, 2.05) is 78.9 Å². The van der Waals surface area contributed by atoms with Gasteiger partial charge in [-0.25, -0.2) is 4.79 Å². The highest BCUT2D eigenvalue weighted by molar-refractivity contribution is 6.30. The summed E-state index contributed by atoms with van der Waals surface area (Å²) in [5.41, 5.74) is 2.90. The van der Waals surface area contributed by atoms with E-state index in [-0.39, 0.29) is 12.6 Å². The fourth-order valence-corrected chi connectivity index (χ4v) is 2.49. The van der Waals surface area contributed by atoms with Crippen molar-refractivity contribution in [2.45, 2.75) is 13.2 Å². The Morgan fingerprint density at radius 3 is 2.19 bits per heavy atom. The van der Waals surface area contributed by atoms with Gasteiger partial charge < -0.3 is 9.47 Å². The molecule has 0 bridgehead atoms. The van der Waals surface area contributed by atoms with E-state index in [0.717, 1.165) is 22.4 Å². The average Bonchev–Trinajstić information content (AvgIpc) is 2.72. The van der Waals surface area contributed by atoms with Gasteiger partial charge in [0.15, 0.2) is 0 Å². The lowest BCUT2D eigenvalue weighted by Gasteiger charge is -2.06. The first kappa shape index (κ1) is 18.7. The van der Waals surface area contributed by atoms with E-state index in [1.54, 1.807) is 6.08 Å². The lowest BCUT2D eigenvalue weighted by atomic mass is 10.2. The van der Waals surface area contributed by atoms with Gasteiger partial charge in [0.1, 0.15) is 19.0 Å². The Bertz CT molecular complexity index is 885. The molecule has 0 amide bonds. The molecule has 3 aromatic carbocycles. The number of carbonyl (C=O) groups excluding carboxylic acids is 1. The second-order valence-electron chi connectivity index (χ2n) is 5.91. The number of halogens is 1. The summed E-state index contributed by atoms with van der Waals surface area (Å²) in [6.45, 7) is 0.736. The molecule has 0 aliphatic carbocycles. The normalized spacial score (nSPS) is 10.7. The molecule has 0 aliphatic rings. The third-order valence-electron chi connectivity index (χ3n) is 3.83. The lowest BCUT2D eigenvalue weighted by Crippen LogP contribution is -2.00. The van der Waals surface area contributed by atoms with Gasteiger partial charge in [-0.1, -0.05) is 66.2 Å². The van der Waals surface area contributed by atoms with Crippen LogP contribution in [0.2, 0.25) is 5.02 Å². The Balaban J connectivity index is 1.47. The zero-order valence-electron chi connectivity index (χ0n) is 14.7.